The van der Waals surface area contributed by atoms with Gasteiger partial charge in [0.05, 0.1) is 16.5 Å². The lowest BCUT2D eigenvalue weighted by atomic mass is 10.2. The maximum atomic E-state index is 12.9. The number of rotatable bonds is 5. The van der Waals surface area contributed by atoms with Gasteiger partial charge in [0.15, 0.2) is 9.84 Å². The van der Waals surface area contributed by atoms with Crippen LogP contribution in [0.15, 0.2) is 23.1 Å². The van der Waals surface area contributed by atoms with Crippen molar-refractivity contribution >= 4 is 31.5 Å². The fourth-order valence-electron chi connectivity index (χ4n) is 2.66. The number of benzene rings is 1. The summed E-state index contributed by atoms with van der Waals surface area (Å²) in [6.07, 6.45) is 0.949. The van der Waals surface area contributed by atoms with Crippen LogP contribution < -0.4 is 0 Å². The Morgan fingerprint density at radius 3 is 2.55 bits per heavy atom. The summed E-state index contributed by atoms with van der Waals surface area (Å²) in [5, 5.41) is 0.168. The number of sulfonamides is 1. The van der Waals surface area contributed by atoms with Crippen LogP contribution in [0.1, 0.15) is 25.3 Å². The third-order valence-corrected chi connectivity index (χ3v) is 7.92. The Kier molecular flexibility index (Phi) is 5.21. The Hall–Kier alpha value is -0.630. The first-order valence-corrected chi connectivity index (χ1v) is 10.8. The quantitative estimate of drug-likeness (QED) is 0.802. The summed E-state index contributed by atoms with van der Waals surface area (Å²) in [5.41, 5.74) is 0.870. The van der Waals surface area contributed by atoms with Crippen LogP contribution in [0, 0.1) is 6.92 Å². The molecule has 0 bridgehead atoms. The zero-order chi connectivity index (χ0) is 16.5. The number of hydrogen-bond donors (Lipinski definition) is 0. The molecular formula is C14H20ClNO4S2. The molecule has 8 heteroatoms. The van der Waals surface area contributed by atoms with Gasteiger partial charge in [-0.05, 0) is 37.5 Å². The van der Waals surface area contributed by atoms with Crippen LogP contribution in [-0.4, -0.2) is 45.2 Å². The van der Waals surface area contributed by atoms with E-state index in [1.807, 2.05) is 13.8 Å². The van der Waals surface area contributed by atoms with Crippen molar-refractivity contribution in [1.82, 2.24) is 4.31 Å². The van der Waals surface area contributed by atoms with E-state index in [4.69, 9.17) is 11.6 Å². The fourth-order valence-corrected chi connectivity index (χ4v) is 6.81. The van der Waals surface area contributed by atoms with E-state index in [-0.39, 0.29) is 28.0 Å². The highest BCUT2D eigenvalue weighted by atomic mass is 35.5. The molecule has 0 spiro atoms. The van der Waals surface area contributed by atoms with Gasteiger partial charge in [0.2, 0.25) is 10.0 Å². The summed E-state index contributed by atoms with van der Waals surface area (Å²) in [4.78, 5) is 0.0394. The summed E-state index contributed by atoms with van der Waals surface area (Å²) in [6, 6.07) is 4.27. The molecule has 1 heterocycles. The van der Waals surface area contributed by atoms with Crippen molar-refractivity contribution in [2.45, 2.75) is 37.6 Å². The Labute approximate surface area is 137 Å². The second-order valence-corrected chi connectivity index (χ2v) is 10.1. The average Bonchev–Trinajstić information content (AvgIpc) is 2.75. The number of halogens is 1. The maximum absolute atomic E-state index is 12.9. The van der Waals surface area contributed by atoms with Crippen molar-refractivity contribution < 1.29 is 16.8 Å². The van der Waals surface area contributed by atoms with Crippen LogP contribution >= 0.6 is 11.6 Å². The Bertz CT molecular complexity index is 759. The first-order chi connectivity index (χ1) is 10.2. The van der Waals surface area contributed by atoms with Gasteiger partial charge in [-0.3, -0.25) is 0 Å². The number of sulfone groups is 1. The summed E-state index contributed by atoms with van der Waals surface area (Å²) in [5.74, 6) is -0.0786. The normalized spacial score (nSPS) is 21.4. The van der Waals surface area contributed by atoms with Crippen molar-refractivity contribution in [2.24, 2.45) is 0 Å². The van der Waals surface area contributed by atoms with Gasteiger partial charge in [-0.25, -0.2) is 16.8 Å². The molecule has 0 saturated carbocycles. The molecule has 5 nitrogen and oxygen atoms in total. The summed E-state index contributed by atoms with van der Waals surface area (Å²) in [6.45, 7) is 3.98. The summed E-state index contributed by atoms with van der Waals surface area (Å²) in [7, 11) is -6.96. The standard InChI is InChI=1S/C14H20ClNO4S2/c1-3-7-16(12-6-8-21(17,18)10-12)22(19,20)14-5-4-11(2)9-13(14)15/h4-5,9,12H,3,6-8,10H2,1-2H3. The molecule has 22 heavy (non-hydrogen) atoms. The minimum absolute atomic E-state index is 0.0367. The molecular weight excluding hydrogens is 346 g/mol. The van der Waals surface area contributed by atoms with Gasteiger partial charge < -0.3 is 0 Å². The predicted octanol–water partition coefficient (Wildman–Crippen LogP) is 2.24. The van der Waals surface area contributed by atoms with Gasteiger partial charge >= 0.3 is 0 Å². The first-order valence-electron chi connectivity index (χ1n) is 7.16. The van der Waals surface area contributed by atoms with Gasteiger partial charge in [0, 0.05) is 12.6 Å². The molecule has 1 aromatic carbocycles. The Morgan fingerprint density at radius 2 is 2.05 bits per heavy atom. The molecule has 0 N–H and O–H groups in total. The van der Waals surface area contributed by atoms with E-state index < -0.39 is 25.9 Å². The van der Waals surface area contributed by atoms with E-state index in [0.29, 0.717) is 12.8 Å². The lowest BCUT2D eigenvalue weighted by Gasteiger charge is -2.27. The van der Waals surface area contributed by atoms with Crippen molar-refractivity contribution in [2.75, 3.05) is 18.1 Å². The number of nitrogens with zero attached hydrogens (tertiary/aromatic N) is 1. The molecule has 124 valence electrons. The lowest BCUT2D eigenvalue weighted by Crippen LogP contribution is -2.41. The highest BCUT2D eigenvalue weighted by molar-refractivity contribution is 7.92. The Morgan fingerprint density at radius 1 is 1.36 bits per heavy atom. The average molecular weight is 366 g/mol. The lowest BCUT2D eigenvalue weighted by molar-refractivity contribution is 0.340. The predicted molar refractivity (Wildman–Crippen MR) is 87.4 cm³/mol. The van der Waals surface area contributed by atoms with E-state index in [9.17, 15) is 16.8 Å². The van der Waals surface area contributed by atoms with Crippen LogP contribution in [0.2, 0.25) is 5.02 Å². The van der Waals surface area contributed by atoms with Crippen LogP contribution in [0.3, 0.4) is 0 Å². The zero-order valence-corrected chi connectivity index (χ0v) is 15.0. The molecule has 0 aromatic heterocycles. The summed E-state index contributed by atoms with van der Waals surface area (Å²) >= 11 is 6.10. The van der Waals surface area contributed by atoms with E-state index in [2.05, 4.69) is 0 Å². The second-order valence-electron chi connectivity index (χ2n) is 5.61. The molecule has 0 radical (unpaired) electrons. The molecule has 1 aliphatic rings. The Balaban J connectivity index is 2.42. The SMILES string of the molecule is CCCN(C1CCS(=O)(=O)C1)S(=O)(=O)c1ccc(C)cc1Cl. The van der Waals surface area contributed by atoms with E-state index in [0.717, 1.165) is 5.56 Å². The molecule has 1 unspecified atom stereocenters. The van der Waals surface area contributed by atoms with Gasteiger partial charge in [-0.15, -0.1) is 0 Å². The van der Waals surface area contributed by atoms with Gasteiger partial charge in [-0.1, -0.05) is 24.6 Å². The zero-order valence-electron chi connectivity index (χ0n) is 12.6. The number of hydrogen-bond acceptors (Lipinski definition) is 4. The van der Waals surface area contributed by atoms with Crippen LogP contribution in [0.25, 0.3) is 0 Å². The highest BCUT2D eigenvalue weighted by Crippen LogP contribution is 2.29. The molecule has 1 aliphatic heterocycles. The summed E-state index contributed by atoms with van der Waals surface area (Å²) < 4.78 is 50.5. The molecule has 2 rings (SSSR count). The third kappa shape index (κ3) is 3.64. The van der Waals surface area contributed by atoms with Crippen molar-refractivity contribution in [3.05, 3.63) is 28.8 Å². The molecule has 1 aromatic rings. The van der Waals surface area contributed by atoms with Crippen LogP contribution in [0.5, 0.6) is 0 Å². The smallest absolute Gasteiger partial charge is 0.229 e. The van der Waals surface area contributed by atoms with Crippen LogP contribution in [0.4, 0.5) is 0 Å². The molecule has 1 fully saturated rings. The molecule has 1 atom stereocenters. The fraction of sp³-hybridized carbons (Fsp3) is 0.571. The molecule has 0 aliphatic carbocycles. The van der Waals surface area contributed by atoms with Crippen molar-refractivity contribution in [3.8, 4) is 0 Å². The van der Waals surface area contributed by atoms with Crippen LogP contribution in [-0.2, 0) is 19.9 Å². The van der Waals surface area contributed by atoms with E-state index >= 15 is 0 Å². The third-order valence-electron chi connectivity index (χ3n) is 3.73. The topological polar surface area (TPSA) is 71.5 Å². The minimum atomic E-state index is -3.81. The van der Waals surface area contributed by atoms with Gasteiger partial charge in [0.25, 0.3) is 0 Å². The van der Waals surface area contributed by atoms with Gasteiger partial charge in [0.1, 0.15) is 4.90 Å². The second kappa shape index (κ2) is 6.47. The largest absolute Gasteiger partial charge is 0.244 e. The first kappa shape index (κ1) is 17.7. The molecule has 0 amide bonds. The van der Waals surface area contributed by atoms with E-state index in [1.54, 1.807) is 12.1 Å². The highest BCUT2D eigenvalue weighted by Gasteiger charge is 2.38. The number of aryl methyl sites for hydroxylation is 1. The maximum Gasteiger partial charge on any atom is 0.244 e. The molecule has 1 saturated heterocycles. The van der Waals surface area contributed by atoms with Gasteiger partial charge in [-0.2, -0.15) is 4.31 Å². The van der Waals surface area contributed by atoms with Crippen molar-refractivity contribution in [3.63, 3.8) is 0 Å². The van der Waals surface area contributed by atoms with E-state index in [1.165, 1.54) is 10.4 Å². The monoisotopic (exact) mass is 365 g/mol. The minimum Gasteiger partial charge on any atom is -0.229 e. The van der Waals surface area contributed by atoms with Crippen molar-refractivity contribution in [1.29, 1.82) is 0 Å².